The van der Waals surface area contributed by atoms with Crippen LogP contribution in [0.5, 0.6) is 0 Å². The van der Waals surface area contributed by atoms with E-state index in [1.165, 1.54) is 0 Å². The Hall–Kier alpha value is -0.450. The summed E-state index contributed by atoms with van der Waals surface area (Å²) in [6, 6.07) is 0. The first kappa shape index (κ1) is 11.6. The van der Waals surface area contributed by atoms with Crippen LogP contribution in [0.2, 0.25) is 0 Å². The summed E-state index contributed by atoms with van der Waals surface area (Å²) in [5, 5.41) is 25.4. The SMILES string of the molecule is O=CCCCCCCC(O)(O)O. The first-order valence-corrected chi connectivity index (χ1v) is 4.17. The summed E-state index contributed by atoms with van der Waals surface area (Å²) in [4.78, 5) is 9.88. The van der Waals surface area contributed by atoms with Crippen LogP contribution in [0.4, 0.5) is 0 Å². The highest BCUT2D eigenvalue weighted by Crippen LogP contribution is 2.10. The monoisotopic (exact) mass is 176 g/mol. The van der Waals surface area contributed by atoms with Crippen molar-refractivity contribution in [3.8, 4) is 0 Å². The topological polar surface area (TPSA) is 77.8 Å². The number of carbonyl (C=O) groups excluding carboxylic acids is 1. The molecule has 0 rings (SSSR count). The van der Waals surface area contributed by atoms with Gasteiger partial charge in [-0.05, 0) is 12.8 Å². The summed E-state index contributed by atoms with van der Waals surface area (Å²) in [6.07, 6.45) is 4.47. The standard InChI is InChI=1S/C8H16O4/c9-7-5-3-1-2-4-6-8(10,11)12/h7,10-12H,1-6H2. The van der Waals surface area contributed by atoms with Gasteiger partial charge in [-0.15, -0.1) is 0 Å². The molecule has 0 radical (unpaired) electrons. The van der Waals surface area contributed by atoms with E-state index in [9.17, 15) is 4.79 Å². The molecule has 0 heterocycles. The van der Waals surface area contributed by atoms with Gasteiger partial charge in [-0.3, -0.25) is 0 Å². The summed E-state index contributed by atoms with van der Waals surface area (Å²) in [7, 11) is 0. The van der Waals surface area contributed by atoms with Gasteiger partial charge in [0, 0.05) is 12.8 Å². The van der Waals surface area contributed by atoms with Crippen molar-refractivity contribution in [1.29, 1.82) is 0 Å². The Kier molecular flexibility index (Phi) is 5.88. The molecule has 0 atom stereocenters. The largest absolute Gasteiger partial charge is 0.344 e. The highest BCUT2D eigenvalue weighted by atomic mass is 16.7. The van der Waals surface area contributed by atoms with Crippen LogP contribution in [-0.4, -0.2) is 27.6 Å². The first-order chi connectivity index (χ1) is 5.56. The fourth-order valence-corrected chi connectivity index (χ4v) is 0.943. The zero-order valence-electron chi connectivity index (χ0n) is 7.07. The molecule has 12 heavy (non-hydrogen) atoms. The highest BCUT2D eigenvalue weighted by molar-refractivity contribution is 5.48. The van der Waals surface area contributed by atoms with Gasteiger partial charge in [0.25, 0.3) is 5.97 Å². The molecular formula is C8H16O4. The Morgan fingerprint density at radius 1 is 1.00 bits per heavy atom. The van der Waals surface area contributed by atoms with Gasteiger partial charge < -0.3 is 20.1 Å². The molecular weight excluding hydrogens is 160 g/mol. The smallest absolute Gasteiger partial charge is 0.275 e. The van der Waals surface area contributed by atoms with Crippen molar-refractivity contribution in [3.05, 3.63) is 0 Å². The Bertz CT molecular complexity index is 117. The highest BCUT2D eigenvalue weighted by Gasteiger charge is 2.16. The van der Waals surface area contributed by atoms with E-state index < -0.39 is 5.97 Å². The van der Waals surface area contributed by atoms with Crippen molar-refractivity contribution in [3.63, 3.8) is 0 Å². The molecule has 0 aromatic rings. The van der Waals surface area contributed by atoms with Gasteiger partial charge in [-0.2, -0.15) is 0 Å². The van der Waals surface area contributed by atoms with Crippen LogP contribution in [0.15, 0.2) is 0 Å². The van der Waals surface area contributed by atoms with Crippen LogP contribution < -0.4 is 0 Å². The molecule has 4 heteroatoms. The van der Waals surface area contributed by atoms with Crippen molar-refractivity contribution < 1.29 is 20.1 Å². The maximum atomic E-state index is 9.88. The summed E-state index contributed by atoms with van der Waals surface area (Å²) in [5.74, 6) is -2.52. The quantitative estimate of drug-likeness (QED) is 0.293. The number of rotatable bonds is 7. The molecule has 0 aliphatic heterocycles. The maximum absolute atomic E-state index is 9.88. The molecule has 0 aliphatic carbocycles. The van der Waals surface area contributed by atoms with Gasteiger partial charge in [0.2, 0.25) is 0 Å². The Balaban J connectivity index is 3.06. The molecule has 0 aromatic heterocycles. The van der Waals surface area contributed by atoms with Gasteiger partial charge in [0.15, 0.2) is 0 Å². The lowest BCUT2D eigenvalue weighted by Crippen LogP contribution is -2.26. The van der Waals surface area contributed by atoms with E-state index in [2.05, 4.69) is 0 Å². The zero-order chi connectivity index (χ0) is 9.45. The summed E-state index contributed by atoms with van der Waals surface area (Å²) in [6.45, 7) is 0. The van der Waals surface area contributed by atoms with Crippen LogP contribution in [-0.2, 0) is 4.79 Å². The molecule has 0 saturated carbocycles. The second kappa shape index (κ2) is 6.11. The zero-order valence-corrected chi connectivity index (χ0v) is 7.07. The van der Waals surface area contributed by atoms with E-state index >= 15 is 0 Å². The lowest BCUT2D eigenvalue weighted by molar-refractivity contribution is -0.315. The average Bonchev–Trinajstić information content (AvgIpc) is 1.94. The second-order valence-electron chi connectivity index (χ2n) is 2.89. The van der Waals surface area contributed by atoms with Gasteiger partial charge >= 0.3 is 0 Å². The predicted molar refractivity (Wildman–Crippen MR) is 43.2 cm³/mol. The third-order valence-corrected chi connectivity index (χ3v) is 1.58. The summed E-state index contributed by atoms with van der Waals surface area (Å²) in [5.41, 5.74) is 0. The van der Waals surface area contributed by atoms with E-state index in [1.807, 2.05) is 0 Å². The number of aldehydes is 1. The number of aliphatic hydroxyl groups is 3. The Morgan fingerprint density at radius 3 is 2.08 bits per heavy atom. The first-order valence-electron chi connectivity index (χ1n) is 4.17. The van der Waals surface area contributed by atoms with E-state index in [4.69, 9.17) is 15.3 Å². The lowest BCUT2D eigenvalue weighted by Gasteiger charge is -2.12. The van der Waals surface area contributed by atoms with Crippen molar-refractivity contribution in [2.24, 2.45) is 0 Å². The van der Waals surface area contributed by atoms with Gasteiger partial charge in [-0.25, -0.2) is 0 Å². The molecule has 4 nitrogen and oxygen atoms in total. The van der Waals surface area contributed by atoms with Gasteiger partial charge in [-0.1, -0.05) is 12.8 Å². The number of hydrogen-bond donors (Lipinski definition) is 3. The summed E-state index contributed by atoms with van der Waals surface area (Å²) >= 11 is 0. The normalized spacial score (nSPS) is 11.6. The van der Waals surface area contributed by atoms with Crippen LogP contribution in [0.1, 0.15) is 38.5 Å². The van der Waals surface area contributed by atoms with E-state index in [0.29, 0.717) is 12.8 Å². The summed E-state index contributed by atoms with van der Waals surface area (Å²) < 4.78 is 0. The third kappa shape index (κ3) is 9.55. The van der Waals surface area contributed by atoms with Crippen molar-refractivity contribution in [2.45, 2.75) is 44.5 Å². The Labute approximate surface area is 71.8 Å². The van der Waals surface area contributed by atoms with E-state index in [0.717, 1.165) is 25.5 Å². The minimum Gasteiger partial charge on any atom is -0.344 e. The number of hydrogen-bond acceptors (Lipinski definition) is 4. The number of carbonyl (C=O) groups is 1. The predicted octanol–water partition coefficient (Wildman–Crippen LogP) is 0.157. The molecule has 0 spiro atoms. The van der Waals surface area contributed by atoms with Gasteiger partial charge in [0.1, 0.15) is 6.29 Å². The third-order valence-electron chi connectivity index (χ3n) is 1.58. The fourth-order valence-electron chi connectivity index (χ4n) is 0.943. The molecule has 0 saturated heterocycles. The van der Waals surface area contributed by atoms with Crippen LogP contribution in [0.25, 0.3) is 0 Å². The molecule has 0 amide bonds. The van der Waals surface area contributed by atoms with Crippen molar-refractivity contribution in [2.75, 3.05) is 0 Å². The molecule has 3 N–H and O–H groups in total. The lowest BCUT2D eigenvalue weighted by atomic mass is 10.1. The van der Waals surface area contributed by atoms with Gasteiger partial charge in [0.05, 0.1) is 0 Å². The molecule has 0 unspecified atom stereocenters. The van der Waals surface area contributed by atoms with Crippen LogP contribution in [0.3, 0.4) is 0 Å². The van der Waals surface area contributed by atoms with E-state index in [1.54, 1.807) is 0 Å². The molecule has 0 aromatic carbocycles. The minimum absolute atomic E-state index is 0.0336. The van der Waals surface area contributed by atoms with Crippen LogP contribution >= 0.6 is 0 Å². The molecule has 72 valence electrons. The molecule has 0 bridgehead atoms. The second-order valence-corrected chi connectivity index (χ2v) is 2.89. The molecule has 0 fully saturated rings. The van der Waals surface area contributed by atoms with E-state index in [-0.39, 0.29) is 6.42 Å². The van der Waals surface area contributed by atoms with Crippen molar-refractivity contribution in [1.82, 2.24) is 0 Å². The maximum Gasteiger partial charge on any atom is 0.275 e. The van der Waals surface area contributed by atoms with Crippen molar-refractivity contribution >= 4 is 6.29 Å². The Morgan fingerprint density at radius 2 is 1.58 bits per heavy atom. The fraction of sp³-hybridized carbons (Fsp3) is 0.875. The molecule has 0 aliphatic rings. The minimum atomic E-state index is -2.52. The number of unbranched alkanes of at least 4 members (excludes halogenated alkanes) is 4. The van der Waals surface area contributed by atoms with Crippen LogP contribution in [0, 0.1) is 0 Å². The average molecular weight is 176 g/mol.